The van der Waals surface area contributed by atoms with Crippen molar-refractivity contribution in [2.45, 2.75) is 26.8 Å². The van der Waals surface area contributed by atoms with E-state index in [9.17, 15) is 4.79 Å². The minimum Gasteiger partial charge on any atom is -0.349 e. The molecule has 0 atom stereocenters. The zero-order valence-electron chi connectivity index (χ0n) is 9.69. The molecular weight excluding hydrogens is 202 g/mol. The van der Waals surface area contributed by atoms with Crippen LogP contribution in [-0.2, 0) is 0 Å². The Bertz CT molecular complexity index is 528. The average molecular weight is 217 g/mol. The van der Waals surface area contributed by atoms with Crippen LogP contribution in [0.5, 0.6) is 0 Å². The van der Waals surface area contributed by atoms with Crippen molar-refractivity contribution in [1.82, 2.24) is 14.7 Å². The van der Waals surface area contributed by atoms with E-state index in [-0.39, 0.29) is 11.9 Å². The van der Waals surface area contributed by atoms with Gasteiger partial charge in [0.2, 0.25) is 0 Å². The second kappa shape index (κ2) is 3.96. The number of amides is 1. The third-order valence-corrected chi connectivity index (χ3v) is 2.34. The van der Waals surface area contributed by atoms with Crippen LogP contribution in [0.1, 0.15) is 30.0 Å². The highest BCUT2D eigenvalue weighted by Gasteiger charge is 2.16. The first-order valence-corrected chi connectivity index (χ1v) is 5.34. The lowest BCUT2D eigenvalue weighted by Gasteiger charge is -2.08. The summed E-state index contributed by atoms with van der Waals surface area (Å²) in [4.78, 5) is 16.3. The molecule has 4 nitrogen and oxygen atoms in total. The summed E-state index contributed by atoms with van der Waals surface area (Å²) in [6, 6.07) is 5.81. The van der Waals surface area contributed by atoms with Gasteiger partial charge < -0.3 is 5.32 Å². The lowest BCUT2D eigenvalue weighted by atomic mass is 10.3. The zero-order chi connectivity index (χ0) is 11.7. The van der Waals surface area contributed by atoms with Crippen LogP contribution in [0.15, 0.2) is 24.4 Å². The fourth-order valence-electron chi connectivity index (χ4n) is 1.72. The van der Waals surface area contributed by atoms with Crippen molar-refractivity contribution in [3.8, 4) is 0 Å². The van der Waals surface area contributed by atoms with E-state index in [1.54, 1.807) is 0 Å². The van der Waals surface area contributed by atoms with E-state index >= 15 is 0 Å². The van der Waals surface area contributed by atoms with Crippen LogP contribution in [0.2, 0.25) is 0 Å². The van der Waals surface area contributed by atoms with Gasteiger partial charge in [-0.05, 0) is 32.9 Å². The molecule has 0 radical (unpaired) electrons. The Morgan fingerprint density at radius 1 is 1.44 bits per heavy atom. The van der Waals surface area contributed by atoms with Gasteiger partial charge >= 0.3 is 0 Å². The Balaban J connectivity index is 2.51. The van der Waals surface area contributed by atoms with Gasteiger partial charge in [-0.1, -0.05) is 6.07 Å². The van der Waals surface area contributed by atoms with Gasteiger partial charge in [-0.2, -0.15) is 0 Å². The predicted octanol–water partition coefficient (Wildman–Crippen LogP) is 1.78. The highest BCUT2D eigenvalue weighted by atomic mass is 16.2. The maximum atomic E-state index is 12.0. The summed E-state index contributed by atoms with van der Waals surface area (Å²) in [5.74, 6) is -0.0776. The fourth-order valence-corrected chi connectivity index (χ4v) is 1.72. The summed E-state index contributed by atoms with van der Waals surface area (Å²) in [7, 11) is 0. The van der Waals surface area contributed by atoms with Gasteiger partial charge in [0, 0.05) is 12.2 Å². The Labute approximate surface area is 94.3 Å². The first kappa shape index (κ1) is 10.7. The van der Waals surface area contributed by atoms with E-state index in [1.165, 1.54) is 0 Å². The van der Waals surface area contributed by atoms with Crippen molar-refractivity contribution >= 4 is 11.6 Å². The molecule has 0 spiro atoms. The molecule has 16 heavy (non-hydrogen) atoms. The molecule has 2 heterocycles. The summed E-state index contributed by atoms with van der Waals surface area (Å²) in [5, 5.41) is 2.88. The standard InChI is InChI=1S/C12H15N3O/c1-8(2)13-12(16)11-9(3)14-10-6-4-5-7-15(10)11/h4-8H,1-3H3,(H,13,16). The maximum absolute atomic E-state index is 12.0. The first-order valence-electron chi connectivity index (χ1n) is 5.34. The molecule has 4 heteroatoms. The molecule has 0 aromatic carbocycles. The summed E-state index contributed by atoms with van der Waals surface area (Å²) in [6.07, 6.45) is 1.85. The van der Waals surface area contributed by atoms with E-state index in [0.717, 1.165) is 11.3 Å². The lowest BCUT2D eigenvalue weighted by Crippen LogP contribution is -2.31. The predicted molar refractivity (Wildman–Crippen MR) is 62.5 cm³/mol. The summed E-state index contributed by atoms with van der Waals surface area (Å²) < 4.78 is 1.81. The molecule has 0 saturated heterocycles. The number of nitrogens with one attached hydrogen (secondary N) is 1. The van der Waals surface area contributed by atoms with E-state index in [2.05, 4.69) is 10.3 Å². The monoisotopic (exact) mass is 217 g/mol. The number of nitrogens with zero attached hydrogens (tertiary/aromatic N) is 2. The van der Waals surface area contributed by atoms with Crippen LogP contribution < -0.4 is 5.32 Å². The Kier molecular flexibility index (Phi) is 2.64. The molecule has 0 fully saturated rings. The Morgan fingerprint density at radius 3 is 2.88 bits per heavy atom. The van der Waals surface area contributed by atoms with Crippen LogP contribution in [0, 0.1) is 6.92 Å². The van der Waals surface area contributed by atoms with Crippen LogP contribution in [-0.4, -0.2) is 21.3 Å². The van der Waals surface area contributed by atoms with E-state index in [1.807, 2.05) is 49.6 Å². The average Bonchev–Trinajstić information content (AvgIpc) is 2.52. The van der Waals surface area contributed by atoms with Gasteiger partial charge in [0.05, 0.1) is 5.69 Å². The number of rotatable bonds is 2. The van der Waals surface area contributed by atoms with Crippen molar-refractivity contribution in [2.75, 3.05) is 0 Å². The van der Waals surface area contributed by atoms with Gasteiger partial charge in [-0.25, -0.2) is 4.98 Å². The minimum absolute atomic E-state index is 0.0776. The summed E-state index contributed by atoms with van der Waals surface area (Å²) in [5.41, 5.74) is 2.17. The molecule has 1 amide bonds. The molecule has 0 aliphatic heterocycles. The minimum atomic E-state index is -0.0776. The van der Waals surface area contributed by atoms with Crippen molar-refractivity contribution < 1.29 is 4.79 Å². The number of carbonyl (C=O) groups is 1. The molecule has 2 rings (SSSR count). The van der Waals surface area contributed by atoms with Crippen LogP contribution >= 0.6 is 0 Å². The van der Waals surface area contributed by atoms with Crippen molar-refractivity contribution in [3.63, 3.8) is 0 Å². The zero-order valence-corrected chi connectivity index (χ0v) is 9.69. The second-order valence-electron chi connectivity index (χ2n) is 4.10. The topological polar surface area (TPSA) is 46.4 Å². The molecule has 0 bridgehead atoms. The largest absolute Gasteiger partial charge is 0.349 e. The first-order chi connectivity index (χ1) is 7.59. The quantitative estimate of drug-likeness (QED) is 0.833. The molecule has 0 aliphatic rings. The smallest absolute Gasteiger partial charge is 0.270 e. The van der Waals surface area contributed by atoms with Gasteiger partial charge in [-0.15, -0.1) is 0 Å². The number of aromatic nitrogens is 2. The van der Waals surface area contributed by atoms with Crippen LogP contribution in [0.25, 0.3) is 5.65 Å². The Hall–Kier alpha value is -1.84. The summed E-state index contributed by atoms with van der Waals surface area (Å²) >= 11 is 0. The number of aryl methyl sites for hydroxylation is 1. The number of imidazole rings is 1. The van der Waals surface area contributed by atoms with E-state index in [0.29, 0.717) is 5.69 Å². The molecule has 0 saturated carbocycles. The molecule has 2 aromatic rings. The van der Waals surface area contributed by atoms with Crippen molar-refractivity contribution in [1.29, 1.82) is 0 Å². The van der Waals surface area contributed by atoms with Gasteiger partial charge in [0.25, 0.3) is 5.91 Å². The van der Waals surface area contributed by atoms with Gasteiger partial charge in [-0.3, -0.25) is 9.20 Å². The molecule has 2 aromatic heterocycles. The van der Waals surface area contributed by atoms with Crippen LogP contribution in [0.3, 0.4) is 0 Å². The highest BCUT2D eigenvalue weighted by Crippen LogP contribution is 2.11. The SMILES string of the molecule is Cc1nc2ccccn2c1C(=O)NC(C)C. The third-order valence-electron chi connectivity index (χ3n) is 2.34. The van der Waals surface area contributed by atoms with Gasteiger partial charge in [0.15, 0.2) is 0 Å². The van der Waals surface area contributed by atoms with Crippen LogP contribution in [0.4, 0.5) is 0 Å². The normalized spacial score (nSPS) is 11.0. The third kappa shape index (κ3) is 1.78. The van der Waals surface area contributed by atoms with E-state index < -0.39 is 0 Å². The number of pyridine rings is 1. The molecule has 1 N–H and O–H groups in total. The van der Waals surface area contributed by atoms with Crippen molar-refractivity contribution in [2.24, 2.45) is 0 Å². The number of hydrogen-bond acceptors (Lipinski definition) is 2. The second-order valence-corrected chi connectivity index (χ2v) is 4.10. The highest BCUT2D eigenvalue weighted by molar-refractivity contribution is 5.94. The number of carbonyl (C=O) groups excluding carboxylic acids is 1. The number of hydrogen-bond donors (Lipinski definition) is 1. The molecule has 0 aliphatic carbocycles. The molecule has 84 valence electrons. The lowest BCUT2D eigenvalue weighted by molar-refractivity contribution is 0.0936. The van der Waals surface area contributed by atoms with Crippen molar-refractivity contribution in [3.05, 3.63) is 35.8 Å². The fraction of sp³-hybridized carbons (Fsp3) is 0.333. The molecular formula is C12H15N3O. The maximum Gasteiger partial charge on any atom is 0.270 e. The molecule has 0 unspecified atom stereocenters. The Morgan fingerprint density at radius 2 is 2.19 bits per heavy atom. The van der Waals surface area contributed by atoms with E-state index in [4.69, 9.17) is 0 Å². The number of fused-ring (bicyclic) bond motifs is 1. The van der Waals surface area contributed by atoms with Gasteiger partial charge in [0.1, 0.15) is 11.3 Å². The summed E-state index contributed by atoms with van der Waals surface area (Å²) in [6.45, 7) is 5.73.